The van der Waals surface area contributed by atoms with Gasteiger partial charge in [-0.3, -0.25) is 4.79 Å². The molecule has 1 N–H and O–H groups in total. The average molecular weight is 354 g/mol. The second-order valence-corrected chi connectivity index (χ2v) is 7.21. The second-order valence-electron chi connectivity index (χ2n) is 7.21. The molecule has 6 heteroatoms. The van der Waals surface area contributed by atoms with Gasteiger partial charge < -0.3 is 15.0 Å². The van der Waals surface area contributed by atoms with E-state index in [9.17, 15) is 4.79 Å². The number of amides is 1. The molecule has 1 amide bonds. The van der Waals surface area contributed by atoms with Crippen molar-refractivity contribution in [1.82, 2.24) is 15.3 Å². The zero-order chi connectivity index (χ0) is 17.9. The summed E-state index contributed by atoms with van der Waals surface area (Å²) < 4.78 is 4.98. The summed E-state index contributed by atoms with van der Waals surface area (Å²) >= 11 is 0. The first kappa shape index (κ1) is 17.2. The average Bonchev–Trinajstić information content (AvgIpc) is 3.55. The van der Waals surface area contributed by atoms with Crippen molar-refractivity contribution in [3.05, 3.63) is 30.1 Å². The highest BCUT2D eigenvalue weighted by Crippen LogP contribution is 2.41. The molecule has 0 bridgehead atoms. The normalized spacial score (nSPS) is 16.7. The number of fused-ring (bicyclic) bond motifs is 1. The van der Waals surface area contributed by atoms with Crippen LogP contribution in [0.1, 0.15) is 43.8 Å². The number of benzene rings is 1. The number of anilines is 1. The van der Waals surface area contributed by atoms with Gasteiger partial charge in [-0.25, -0.2) is 9.97 Å². The van der Waals surface area contributed by atoms with Crippen molar-refractivity contribution in [2.75, 3.05) is 31.7 Å². The van der Waals surface area contributed by atoms with Gasteiger partial charge in [0.1, 0.15) is 11.6 Å². The van der Waals surface area contributed by atoms with Crippen molar-refractivity contribution in [3.63, 3.8) is 0 Å². The highest BCUT2D eigenvalue weighted by atomic mass is 16.5. The van der Waals surface area contributed by atoms with Crippen LogP contribution in [0.4, 0.5) is 5.82 Å². The molecule has 138 valence electrons. The highest BCUT2D eigenvalue weighted by molar-refractivity contribution is 5.90. The molecule has 0 atom stereocenters. The fraction of sp³-hybridized carbons (Fsp3) is 0.550. The van der Waals surface area contributed by atoms with E-state index in [-0.39, 0.29) is 5.91 Å². The Kier molecular flexibility index (Phi) is 5.02. The van der Waals surface area contributed by atoms with E-state index < -0.39 is 0 Å². The van der Waals surface area contributed by atoms with Crippen LogP contribution >= 0.6 is 0 Å². The minimum absolute atomic E-state index is 0.0634. The first-order chi connectivity index (χ1) is 12.8. The standard InChI is InChI=1S/C20H26N4O2/c1-26-13-11-21-18(25)10-12-24(15-8-9-15)20-16-4-2-3-5-17(16)22-19(23-20)14-6-7-14/h2-5,14-15H,6-13H2,1H3,(H,21,25). The zero-order valence-electron chi connectivity index (χ0n) is 15.3. The number of methoxy groups -OCH3 is 1. The molecule has 1 aromatic heterocycles. The lowest BCUT2D eigenvalue weighted by atomic mass is 10.2. The van der Waals surface area contributed by atoms with Crippen LogP contribution in [0.25, 0.3) is 10.9 Å². The van der Waals surface area contributed by atoms with E-state index in [1.165, 1.54) is 25.7 Å². The fourth-order valence-corrected chi connectivity index (χ4v) is 3.27. The molecule has 2 aromatic rings. The van der Waals surface area contributed by atoms with Crippen molar-refractivity contribution in [2.24, 2.45) is 0 Å². The van der Waals surface area contributed by atoms with Crippen molar-refractivity contribution in [3.8, 4) is 0 Å². The van der Waals surface area contributed by atoms with Crippen LogP contribution in [0, 0.1) is 0 Å². The maximum atomic E-state index is 12.1. The molecule has 6 nitrogen and oxygen atoms in total. The second kappa shape index (κ2) is 7.58. The lowest BCUT2D eigenvalue weighted by molar-refractivity contribution is -0.121. The Morgan fingerprint density at radius 3 is 2.77 bits per heavy atom. The number of nitrogens with zero attached hydrogens (tertiary/aromatic N) is 3. The minimum atomic E-state index is 0.0634. The molecule has 1 aromatic carbocycles. The number of carbonyl (C=O) groups excluding carboxylic acids is 1. The predicted octanol–water partition coefficient (Wildman–Crippen LogP) is 2.63. The van der Waals surface area contributed by atoms with E-state index in [4.69, 9.17) is 14.7 Å². The van der Waals surface area contributed by atoms with Crippen LogP contribution in [0.5, 0.6) is 0 Å². The van der Waals surface area contributed by atoms with Crippen LogP contribution < -0.4 is 10.2 Å². The highest BCUT2D eigenvalue weighted by Gasteiger charge is 2.33. The Labute approximate surface area is 154 Å². The quantitative estimate of drug-likeness (QED) is 0.701. The smallest absolute Gasteiger partial charge is 0.221 e. The molecule has 1 heterocycles. The van der Waals surface area contributed by atoms with Crippen molar-refractivity contribution >= 4 is 22.6 Å². The topological polar surface area (TPSA) is 67.3 Å². The number of rotatable bonds is 9. The Morgan fingerprint density at radius 2 is 2.04 bits per heavy atom. The Bertz CT molecular complexity index is 786. The lowest BCUT2D eigenvalue weighted by Gasteiger charge is -2.25. The fourth-order valence-electron chi connectivity index (χ4n) is 3.27. The van der Waals surface area contributed by atoms with Gasteiger partial charge in [0.15, 0.2) is 0 Å². The summed E-state index contributed by atoms with van der Waals surface area (Å²) in [5.74, 6) is 2.55. The largest absolute Gasteiger partial charge is 0.383 e. The number of para-hydroxylation sites is 1. The van der Waals surface area contributed by atoms with Crippen molar-refractivity contribution < 1.29 is 9.53 Å². The molecule has 0 saturated heterocycles. The lowest BCUT2D eigenvalue weighted by Crippen LogP contribution is -2.34. The summed E-state index contributed by atoms with van der Waals surface area (Å²) in [7, 11) is 1.64. The summed E-state index contributed by atoms with van der Waals surface area (Å²) in [6, 6.07) is 8.71. The number of aromatic nitrogens is 2. The summed E-state index contributed by atoms with van der Waals surface area (Å²) in [6.45, 7) is 1.79. The number of hydrogen-bond donors (Lipinski definition) is 1. The van der Waals surface area contributed by atoms with Crippen LogP contribution in [-0.4, -0.2) is 48.7 Å². The third-order valence-electron chi connectivity index (χ3n) is 5.01. The number of carbonyl (C=O) groups is 1. The molecule has 0 unspecified atom stereocenters. The summed E-state index contributed by atoms with van der Waals surface area (Å²) in [5.41, 5.74) is 1.01. The zero-order valence-corrected chi connectivity index (χ0v) is 15.3. The molecular weight excluding hydrogens is 328 g/mol. The maximum Gasteiger partial charge on any atom is 0.221 e. The summed E-state index contributed by atoms with van der Waals surface area (Å²) in [6.07, 6.45) is 5.17. The van der Waals surface area contributed by atoms with Gasteiger partial charge >= 0.3 is 0 Å². The predicted molar refractivity (Wildman–Crippen MR) is 101 cm³/mol. The third kappa shape index (κ3) is 3.96. The third-order valence-corrected chi connectivity index (χ3v) is 5.01. The van der Waals surface area contributed by atoms with Gasteiger partial charge in [-0.15, -0.1) is 0 Å². The van der Waals surface area contributed by atoms with Gasteiger partial charge in [0, 0.05) is 44.0 Å². The molecule has 2 aliphatic rings. The maximum absolute atomic E-state index is 12.1. The van der Waals surface area contributed by atoms with Gasteiger partial charge in [-0.2, -0.15) is 0 Å². The van der Waals surface area contributed by atoms with E-state index in [0.717, 1.165) is 22.5 Å². The van der Waals surface area contributed by atoms with Gasteiger partial charge in [0.05, 0.1) is 12.1 Å². The molecular formula is C20H26N4O2. The van der Waals surface area contributed by atoms with Crippen molar-refractivity contribution in [1.29, 1.82) is 0 Å². The monoisotopic (exact) mass is 354 g/mol. The van der Waals surface area contributed by atoms with Crippen LogP contribution in [-0.2, 0) is 9.53 Å². The van der Waals surface area contributed by atoms with Crippen molar-refractivity contribution in [2.45, 2.75) is 44.1 Å². The van der Waals surface area contributed by atoms with Gasteiger partial charge in [0.25, 0.3) is 0 Å². The molecule has 2 saturated carbocycles. The summed E-state index contributed by atoms with van der Waals surface area (Å²) in [4.78, 5) is 24.2. The number of hydrogen-bond acceptors (Lipinski definition) is 5. The molecule has 26 heavy (non-hydrogen) atoms. The molecule has 0 spiro atoms. The summed E-state index contributed by atoms with van der Waals surface area (Å²) in [5, 5.41) is 3.99. The van der Waals surface area contributed by atoms with E-state index in [0.29, 0.717) is 38.1 Å². The molecule has 2 aliphatic carbocycles. The first-order valence-corrected chi connectivity index (χ1v) is 9.55. The number of ether oxygens (including phenoxy) is 1. The van der Waals surface area contributed by atoms with Crippen LogP contribution in [0.3, 0.4) is 0 Å². The minimum Gasteiger partial charge on any atom is -0.383 e. The number of nitrogens with one attached hydrogen (secondary N) is 1. The van der Waals surface area contributed by atoms with Gasteiger partial charge in [0.2, 0.25) is 5.91 Å². The Morgan fingerprint density at radius 1 is 1.23 bits per heavy atom. The van der Waals surface area contributed by atoms with Gasteiger partial charge in [-0.05, 0) is 37.8 Å². The first-order valence-electron chi connectivity index (χ1n) is 9.55. The van der Waals surface area contributed by atoms with E-state index in [2.05, 4.69) is 22.3 Å². The van der Waals surface area contributed by atoms with E-state index in [1.807, 2.05) is 12.1 Å². The molecule has 2 fully saturated rings. The molecule has 4 rings (SSSR count). The SMILES string of the molecule is COCCNC(=O)CCN(c1nc(C2CC2)nc2ccccc12)C1CC1. The van der Waals surface area contributed by atoms with Gasteiger partial charge in [-0.1, -0.05) is 12.1 Å². The Balaban J connectivity index is 1.55. The van der Waals surface area contributed by atoms with E-state index in [1.54, 1.807) is 7.11 Å². The Hall–Kier alpha value is -2.21. The van der Waals surface area contributed by atoms with Crippen LogP contribution in [0.15, 0.2) is 24.3 Å². The molecule has 0 radical (unpaired) electrons. The van der Waals surface area contributed by atoms with Crippen LogP contribution in [0.2, 0.25) is 0 Å². The molecule has 0 aliphatic heterocycles. The van der Waals surface area contributed by atoms with E-state index >= 15 is 0 Å².